The van der Waals surface area contributed by atoms with Crippen molar-refractivity contribution in [1.29, 1.82) is 0 Å². The van der Waals surface area contributed by atoms with E-state index in [0.717, 1.165) is 11.3 Å². The molecule has 0 aliphatic heterocycles. The first-order chi connectivity index (χ1) is 7.75. The third kappa shape index (κ3) is 3.61. The van der Waals surface area contributed by atoms with Crippen LogP contribution in [0.3, 0.4) is 0 Å². The minimum atomic E-state index is 0. The first kappa shape index (κ1) is 13.3. The Morgan fingerprint density at radius 1 is 0.941 bits per heavy atom. The summed E-state index contributed by atoms with van der Waals surface area (Å²) in [6, 6.07) is 17.7. The van der Waals surface area contributed by atoms with E-state index in [2.05, 4.69) is 4.99 Å². The molecule has 0 bridgehead atoms. The molecule has 0 unspecified atom stereocenters. The fraction of sp³-hybridized carbons (Fsp3) is 0.0714. The van der Waals surface area contributed by atoms with Crippen LogP contribution in [-0.2, 0) is 0 Å². The topological polar surface area (TPSA) is 38.4 Å². The predicted molar refractivity (Wildman–Crippen MR) is 68.0 cm³/mol. The lowest BCUT2D eigenvalue weighted by Gasteiger charge is -2.00. The third-order valence-electron chi connectivity index (χ3n) is 2.35. The van der Waals surface area contributed by atoms with Gasteiger partial charge in [0.25, 0.3) is 0 Å². The van der Waals surface area contributed by atoms with Crippen molar-refractivity contribution in [1.82, 2.24) is 0 Å². The maximum Gasteiger partial charge on any atom is 0.131 e. The lowest BCUT2D eigenvalue weighted by atomic mass is 10.2. The van der Waals surface area contributed by atoms with Gasteiger partial charge in [0.1, 0.15) is 5.84 Å². The summed E-state index contributed by atoms with van der Waals surface area (Å²) >= 11 is 0. The van der Waals surface area contributed by atoms with E-state index in [4.69, 9.17) is 5.73 Å². The SMILES string of the molecule is Cc1ccc(N=C(N)c2ccccc2)cc1.[Cl-]. The van der Waals surface area contributed by atoms with Crippen LogP contribution in [0.2, 0.25) is 0 Å². The summed E-state index contributed by atoms with van der Waals surface area (Å²) in [4.78, 5) is 4.36. The van der Waals surface area contributed by atoms with Gasteiger partial charge in [-0.3, -0.25) is 0 Å². The number of benzene rings is 2. The molecule has 0 amide bonds. The first-order valence-electron chi connectivity index (χ1n) is 5.22. The zero-order valence-corrected chi connectivity index (χ0v) is 10.4. The molecule has 2 aromatic rings. The third-order valence-corrected chi connectivity index (χ3v) is 2.35. The monoisotopic (exact) mass is 245 g/mol. The summed E-state index contributed by atoms with van der Waals surface area (Å²) < 4.78 is 0. The molecule has 0 atom stereocenters. The van der Waals surface area contributed by atoms with Crippen molar-refractivity contribution >= 4 is 11.5 Å². The molecule has 0 radical (unpaired) electrons. The molecule has 88 valence electrons. The van der Waals surface area contributed by atoms with Gasteiger partial charge in [-0.25, -0.2) is 4.99 Å². The summed E-state index contributed by atoms with van der Waals surface area (Å²) in [6.45, 7) is 2.05. The number of rotatable bonds is 2. The van der Waals surface area contributed by atoms with Gasteiger partial charge in [-0.2, -0.15) is 0 Å². The molecule has 2 nitrogen and oxygen atoms in total. The zero-order chi connectivity index (χ0) is 11.4. The molecule has 0 fully saturated rings. The molecular formula is C14H14ClN2-. The van der Waals surface area contributed by atoms with Gasteiger partial charge >= 0.3 is 0 Å². The van der Waals surface area contributed by atoms with E-state index >= 15 is 0 Å². The van der Waals surface area contributed by atoms with Crippen molar-refractivity contribution < 1.29 is 12.4 Å². The van der Waals surface area contributed by atoms with Crippen LogP contribution >= 0.6 is 0 Å². The number of hydrogen-bond donors (Lipinski definition) is 1. The van der Waals surface area contributed by atoms with E-state index in [1.165, 1.54) is 5.56 Å². The Morgan fingerprint density at radius 3 is 2.12 bits per heavy atom. The maximum absolute atomic E-state index is 5.92. The average molecular weight is 246 g/mol. The van der Waals surface area contributed by atoms with Crippen LogP contribution in [0.4, 0.5) is 5.69 Å². The van der Waals surface area contributed by atoms with Gasteiger partial charge in [0, 0.05) is 5.56 Å². The average Bonchev–Trinajstić information content (AvgIpc) is 2.33. The molecule has 0 aromatic heterocycles. The van der Waals surface area contributed by atoms with Crippen LogP contribution in [-0.4, -0.2) is 5.84 Å². The molecule has 0 aliphatic carbocycles. The quantitative estimate of drug-likeness (QED) is 0.589. The molecule has 2 N–H and O–H groups in total. The van der Waals surface area contributed by atoms with Crippen molar-refractivity contribution in [2.24, 2.45) is 10.7 Å². The summed E-state index contributed by atoms with van der Waals surface area (Å²) in [5.41, 5.74) is 8.96. The molecule has 17 heavy (non-hydrogen) atoms. The molecule has 0 saturated carbocycles. The second-order valence-electron chi connectivity index (χ2n) is 3.70. The van der Waals surface area contributed by atoms with Gasteiger partial charge in [0.2, 0.25) is 0 Å². The van der Waals surface area contributed by atoms with Crippen LogP contribution in [0.5, 0.6) is 0 Å². The predicted octanol–water partition coefficient (Wildman–Crippen LogP) is 0.0360. The standard InChI is InChI=1S/C14H14N2.ClH/c1-11-7-9-13(10-8-11)16-14(15)12-5-3-2-4-6-12;/h2-10H,1H3,(H2,15,16);1H/p-1. The maximum atomic E-state index is 5.92. The molecule has 0 spiro atoms. The summed E-state index contributed by atoms with van der Waals surface area (Å²) in [5, 5.41) is 0. The van der Waals surface area contributed by atoms with Crippen molar-refractivity contribution in [2.75, 3.05) is 0 Å². The summed E-state index contributed by atoms with van der Waals surface area (Å²) in [7, 11) is 0. The second kappa shape index (κ2) is 6.06. The molecule has 0 saturated heterocycles. The minimum Gasteiger partial charge on any atom is -1.00 e. The zero-order valence-electron chi connectivity index (χ0n) is 9.60. The fourth-order valence-electron chi connectivity index (χ4n) is 1.43. The molecule has 0 aliphatic rings. The number of amidine groups is 1. The number of hydrogen-bond acceptors (Lipinski definition) is 1. The number of aliphatic imine (C=N–C) groups is 1. The van der Waals surface area contributed by atoms with E-state index in [-0.39, 0.29) is 12.4 Å². The van der Waals surface area contributed by atoms with E-state index in [9.17, 15) is 0 Å². The van der Waals surface area contributed by atoms with Gasteiger partial charge in [-0.15, -0.1) is 0 Å². The van der Waals surface area contributed by atoms with E-state index < -0.39 is 0 Å². The molecule has 0 heterocycles. The van der Waals surface area contributed by atoms with Gasteiger partial charge in [0.15, 0.2) is 0 Å². The van der Waals surface area contributed by atoms with Gasteiger partial charge in [0.05, 0.1) is 5.69 Å². The molecule has 2 rings (SSSR count). The van der Waals surface area contributed by atoms with Crippen molar-refractivity contribution in [3.8, 4) is 0 Å². The van der Waals surface area contributed by atoms with Crippen LogP contribution in [0.25, 0.3) is 0 Å². The summed E-state index contributed by atoms with van der Waals surface area (Å²) in [6.07, 6.45) is 0. The number of nitrogens with zero attached hydrogens (tertiary/aromatic N) is 1. The highest BCUT2D eigenvalue weighted by Gasteiger charge is 1.96. The van der Waals surface area contributed by atoms with Crippen molar-refractivity contribution in [3.63, 3.8) is 0 Å². The Bertz CT molecular complexity index is 489. The molecular weight excluding hydrogens is 232 g/mol. The van der Waals surface area contributed by atoms with Gasteiger partial charge < -0.3 is 18.1 Å². The lowest BCUT2D eigenvalue weighted by molar-refractivity contribution is -0.00000344. The Morgan fingerprint density at radius 2 is 1.53 bits per heavy atom. The van der Waals surface area contributed by atoms with Crippen LogP contribution in [0.15, 0.2) is 59.6 Å². The van der Waals surface area contributed by atoms with Crippen molar-refractivity contribution in [3.05, 3.63) is 65.7 Å². The van der Waals surface area contributed by atoms with E-state index in [1.807, 2.05) is 61.5 Å². The van der Waals surface area contributed by atoms with Crippen LogP contribution in [0.1, 0.15) is 11.1 Å². The molecule has 3 heteroatoms. The highest BCUT2D eigenvalue weighted by Crippen LogP contribution is 2.13. The Kier molecular flexibility index (Phi) is 4.73. The highest BCUT2D eigenvalue weighted by molar-refractivity contribution is 5.98. The first-order valence-corrected chi connectivity index (χ1v) is 5.22. The number of nitrogens with two attached hydrogens (primary N) is 1. The van der Waals surface area contributed by atoms with Crippen LogP contribution in [0, 0.1) is 6.92 Å². The largest absolute Gasteiger partial charge is 1.00 e. The molecule has 2 aromatic carbocycles. The van der Waals surface area contributed by atoms with E-state index in [1.54, 1.807) is 0 Å². The van der Waals surface area contributed by atoms with Crippen LogP contribution < -0.4 is 18.1 Å². The number of halogens is 1. The van der Waals surface area contributed by atoms with Crippen molar-refractivity contribution in [2.45, 2.75) is 6.92 Å². The fourth-order valence-corrected chi connectivity index (χ4v) is 1.43. The van der Waals surface area contributed by atoms with Gasteiger partial charge in [-0.1, -0.05) is 48.0 Å². The highest BCUT2D eigenvalue weighted by atomic mass is 35.5. The Balaban J connectivity index is 0.00000144. The second-order valence-corrected chi connectivity index (χ2v) is 3.70. The van der Waals surface area contributed by atoms with Gasteiger partial charge in [-0.05, 0) is 19.1 Å². The Hall–Kier alpha value is -1.80. The summed E-state index contributed by atoms with van der Waals surface area (Å²) in [5.74, 6) is 0.546. The number of aryl methyl sites for hydroxylation is 1. The lowest BCUT2D eigenvalue weighted by Crippen LogP contribution is -3.00. The smallest absolute Gasteiger partial charge is 0.131 e. The van der Waals surface area contributed by atoms with E-state index in [0.29, 0.717) is 5.84 Å². The Labute approximate surface area is 108 Å². The minimum absolute atomic E-state index is 0. The normalized spacial score (nSPS) is 10.8.